The molecule has 1 aliphatic rings. The van der Waals surface area contributed by atoms with E-state index in [4.69, 9.17) is 9.47 Å². The van der Waals surface area contributed by atoms with E-state index < -0.39 is 23.7 Å². The average molecular weight is 558 g/mol. The number of alkyl carbamates (subject to hydrolysis) is 1. The van der Waals surface area contributed by atoms with Gasteiger partial charge in [0.25, 0.3) is 0 Å². The largest absolute Gasteiger partial charge is 0.460 e. The molecular formula is C33H39N3O5. The van der Waals surface area contributed by atoms with Gasteiger partial charge in [-0.05, 0) is 43.9 Å². The van der Waals surface area contributed by atoms with E-state index in [1.165, 1.54) is 0 Å². The van der Waals surface area contributed by atoms with Gasteiger partial charge in [0.1, 0.15) is 12.2 Å². The summed E-state index contributed by atoms with van der Waals surface area (Å²) in [6, 6.07) is 28.3. The fraction of sp³-hybridized carbons (Fsp3) is 0.364. The summed E-state index contributed by atoms with van der Waals surface area (Å²) < 4.78 is 11.2. The summed E-state index contributed by atoms with van der Waals surface area (Å²) in [5, 5.41) is 3.06. The van der Waals surface area contributed by atoms with Gasteiger partial charge in [-0.25, -0.2) is 4.79 Å². The van der Waals surface area contributed by atoms with Crippen LogP contribution in [-0.4, -0.2) is 65.1 Å². The van der Waals surface area contributed by atoms with E-state index in [-0.39, 0.29) is 31.6 Å². The molecule has 0 bridgehead atoms. The zero-order valence-electron chi connectivity index (χ0n) is 24.0. The third-order valence-corrected chi connectivity index (χ3v) is 6.82. The lowest BCUT2D eigenvalue weighted by molar-refractivity contribution is -0.151. The van der Waals surface area contributed by atoms with E-state index in [0.29, 0.717) is 19.5 Å². The summed E-state index contributed by atoms with van der Waals surface area (Å²) in [6.45, 7) is 6.30. The number of piperazine rings is 1. The normalized spacial score (nSPS) is 16.6. The summed E-state index contributed by atoms with van der Waals surface area (Å²) in [5.74, 6) is -0.518. The minimum absolute atomic E-state index is 0.0270. The number of benzene rings is 3. The van der Waals surface area contributed by atoms with Crippen molar-refractivity contribution in [1.82, 2.24) is 15.1 Å². The van der Waals surface area contributed by atoms with Crippen LogP contribution in [0.1, 0.15) is 37.5 Å². The molecule has 0 unspecified atom stereocenters. The molecule has 1 fully saturated rings. The molecule has 2 atom stereocenters. The maximum absolute atomic E-state index is 13.3. The molecule has 3 aromatic carbocycles. The second-order valence-electron chi connectivity index (χ2n) is 11.3. The first-order chi connectivity index (χ1) is 19.7. The van der Waals surface area contributed by atoms with Crippen LogP contribution in [-0.2, 0) is 38.6 Å². The number of amides is 2. The lowest BCUT2D eigenvalue weighted by Crippen LogP contribution is -2.64. The first-order valence-corrected chi connectivity index (χ1v) is 13.9. The van der Waals surface area contributed by atoms with Gasteiger partial charge in [-0.2, -0.15) is 0 Å². The van der Waals surface area contributed by atoms with Crippen LogP contribution in [0.4, 0.5) is 4.79 Å². The van der Waals surface area contributed by atoms with Gasteiger partial charge >= 0.3 is 12.1 Å². The Bertz CT molecular complexity index is 1280. The monoisotopic (exact) mass is 557 g/mol. The van der Waals surface area contributed by atoms with E-state index >= 15 is 0 Å². The molecule has 8 heteroatoms. The zero-order chi connectivity index (χ0) is 29.2. The van der Waals surface area contributed by atoms with Crippen LogP contribution in [0.2, 0.25) is 0 Å². The minimum Gasteiger partial charge on any atom is -0.460 e. The van der Waals surface area contributed by atoms with Gasteiger partial charge < -0.3 is 19.7 Å². The van der Waals surface area contributed by atoms with Gasteiger partial charge in [-0.1, -0.05) is 91.0 Å². The second-order valence-corrected chi connectivity index (χ2v) is 11.3. The van der Waals surface area contributed by atoms with Crippen molar-refractivity contribution < 1.29 is 23.9 Å². The molecule has 1 saturated heterocycles. The Hall–Kier alpha value is -4.17. The highest BCUT2D eigenvalue weighted by Gasteiger charge is 2.39. The van der Waals surface area contributed by atoms with Gasteiger partial charge in [0.15, 0.2) is 0 Å². The summed E-state index contributed by atoms with van der Waals surface area (Å²) in [5.41, 5.74) is 2.24. The molecule has 1 N–H and O–H groups in total. The SMILES string of the molecule is CC(C)(C)OC(=O)N[C@@H](Cc1ccccc1)[C@H]1CN(Cc2ccccc2)C(=O)CN1CC(=O)OCc1ccccc1. The van der Waals surface area contributed by atoms with Crippen molar-refractivity contribution in [2.45, 2.75) is 58.0 Å². The van der Waals surface area contributed by atoms with E-state index in [1.807, 2.05) is 117 Å². The van der Waals surface area contributed by atoms with Gasteiger partial charge in [0, 0.05) is 19.1 Å². The summed E-state index contributed by atoms with van der Waals surface area (Å²) in [7, 11) is 0. The number of esters is 1. The maximum Gasteiger partial charge on any atom is 0.407 e. The first kappa shape index (κ1) is 29.8. The van der Waals surface area contributed by atoms with Crippen LogP contribution in [0.3, 0.4) is 0 Å². The third-order valence-electron chi connectivity index (χ3n) is 6.82. The Labute approximate surface area is 242 Å². The third kappa shape index (κ3) is 9.46. The predicted octanol–water partition coefficient (Wildman–Crippen LogP) is 4.58. The molecule has 216 valence electrons. The van der Waals surface area contributed by atoms with Crippen LogP contribution in [0.15, 0.2) is 91.0 Å². The van der Waals surface area contributed by atoms with Crippen molar-refractivity contribution >= 4 is 18.0 Å². The van der Waals surface area contributed by atoms with E-state index in [0.717, 1.165) is 16.7 Å². The number of hydrogen-bond donors (Lipinski definition) is 1. The first-order valence-electron chi connectivity index (χ1n) is 13.9. The zero-order valence-corrected chi connectivity index (χ0v) is 24.0. The Kier molecular flexibility index (Phi) is 10.1. The highest BCUT2D eigenvalue weighted by Crippen LogP contribution is 2.21. The molecule has 4 rings (SSSR count). The molecule has 0 aromatic heterocycles. The number of rotatable bonds is 10. The molecule has 0 saturated carbocycles. The molecule has 3 aromatic rings. The van der Waals surface area contributed by atoms with Crippen LogP contribution in [0.5, 0.6) is 0 Å². The van der Waals surface area contributed by atoms with E-state index in [1.54, 1.807) is 4.90 Å². The van der Waals surface area contributed by atoms with E-state index in [2.05, 4.69) is 5.32 Å². The highest BCUT2D eigenvalue weighted by atomic mass is 16.6. The summed E-state index contributed by atoms with van der Waals surface area (Å²) >= 11 is 0. The van der Waals surface area contributed by atoms with Gasteiger partial charge in [0.05, 0.1) is 19.1 Å². The Morgan fingerprint density at radius 3 is 2.02 bits per heavy atom. The number of ether oxygens (including phenoxy) is 2. The standard InChI is InChI=1S/C33H39N3O5/c1-33(2,3)41-32(39)34-28(19-25-13-7-4-8-14-25)29-21-36(20-26-15-9-5-10-16-26)30(37)22-35(29)23-31(38)40-24-27-17-11-6-12-18-27/h4-18,28-29H,19-24H2,1-3H3,(H,34,39)/t28-,29+/m0/s1. The number of nitrogens with one attached hydrogen (secondary N) is 1. The lowest BCUT2D eigenvalue weighted by atomic mass is 9.95. The second kappa shape index (κ2) is 13.9. The maximum atomic E-state index is 13.3. The smallest absolute Gasteiger partial charge is 0.407 e. The topological polar surface area (TPSA) is 88.2 Å². The van der Waals surface area contributed by atoms with Crippen molar-refractivity contribution in [1.29, 1.82) is 0 Å². The van der Waals surface area contributed by atoms with Crippen molar-refractivity contribution in [3.63, 3.8) is 0 Å². The Morgan fingerprint density at radius 2 is 1.44 bits per heavy atom. The Balaban J connectivity index is 1.57. The molecule has 0 spiro atoms. The van der Waals surface area contributed by atoms with Crippen LogP contribution < -0.4 is 5.32 Å². The van der Waals surface area contributed by atoms with Gasteiger partial charge in [-0.15, -0.1) is 0 Å². The van der Waals surface area contributed by atoms with Crippen LogP contribution >= 0.6 is 0 Å². The molecule has 0 radical (unpaired) electrons. The van der Waals surface area contributed by atoms with Crippen molar-refractivity contribution in [3.05, 3.63) is 108 Å². The molecule has 2 amide bonds. The number of carbonyl (C=O) groups excluding carboxylic acids is 3. The molecule has 0 aliphatic carbocycles. The average Bonchev–Trinajstić information content (AvgIpc) is 2.94. The van der Waals surface area contributed by atoms with Crippen LogP contribution in [0, 0.1) is 0 Å². The Morgan fingerprint density at radius 1 is 0.878 bits per heavy atom. The van der Waals surface area contributed by atoms with Crippen molar-refractivity contribution in [2.75, 3.05) is 19.6 Å². The van der Waals surface area contributed by atoms with Crippen molar-refractivity contribution in [2.24, 2.45) is 0 Å². The summed E-state index contributed by atoms with van der Waals surface area (Å²) in [6.07, 6.45) is -0.0511. The number of carbonyl (C=O) groups is 3. The minimum atomic E-state index is -0.676. The number of hydrogen-bond acceptors (Lipinski definition) is 6. The molecule has 8 nitrogen and oxygen atoms in total. The van der Waals surface area contributed by atoms with Crippen molar-refractivity contribution in [3.8, 4) is 0 Å². The quantitative estimate of drug-likeness (QED) is 0.367. The molecule has 1 aliphatic heterocycles. The highest BCUT2D eigenvalue weighted by molar-refractivity contribution is 5.81. The predicted molar refractivity (Wildman–Crippen MR) is 157 cm³/mol. The molecule has 41 heavy (non-hydrogen) atoms. The molecule has 1 heterocycles. The lowest BCUT2D eigenvalue weighted by Gasteiger charge is -2.44. The molecular weight excluding hydrogens is 518 g/mol. The fourth-order valence-electron chi connectivity index (χ4n) is 4.91. The number of nitrogens with zero attached hydrogens (tertiary/aromatic N) is 2. The fourth-order valence-corrected chi connectivity index (χ4v) is 4.91. The van der Waals surface area contributed by atoms with Gasteiger partial charge in [-0.3, -0.25) is 14.5 Å². The van der Waals surface area contributed by atoms with Gasteiger partial charge in [0.2, 0.25) is 5.91 Å². The van der Waals surface area contributed by atoms with Crippen LogP contribution in [0.25, 0.3) is 0 Å². The van der Waals surface area contributed by atoms with E-state index in [9.17, 15) is 14.4 Å². The summed E-state index contributed by atoms with van der Waals surface area (Å²) in [4.78, 5) is 42.9.